The zero-order valence-corrected chi connectivity index (χ0v) is 11.2. The summed E-state index contributed by atoms with van der Waals surface area (Å²) in [5.41, 5.74) is 0.555. The molecular formula is C13H9BrN2O3. The van der Waals surface area contributed by atoms with E-state index in [0.29, 0.717) is 11.4 Å². The molecule has 0 bridgehead atoms. The van der Waals surface area contributed by atoms with Gasteiger partial charge in [0.1, 0.15) is 5.82 Å². The Morgan fingerprint density at radius 2 is 1.95 bits per heavy atom. The highest BCUT2D eigenvalue weighted by Gasteiger charge is 2.08. The molecule has 0 saturated heterocycles. The second-order valence-electron chi connectivity index (χ2n) is 3.70. The van der Waals surface area contributed by atoms with Gasteiger partial charge in [-0.2, -0.15) is 0 Å². The van der Waals surface area contributed by atoms with Crippen molar-refractivity contribution in [3.63, 3.8) is 0 Å². The second-order valence-corrected chi connectivity index (χ2v) is 4.62. The van der Waals surface area contributed by atoms with Crippen LogP contribution in [0.4, 0.5) is 5.82 Å². The molecule has 0 radical (unpaired) electrons. The van der Waals surface area contributed by atoms with Gasteiger partial charge < -0.3 is 10.4 Å². The third-order valence-electron chi connectivity index (χ3n) is 2.34. The molecule has 6 heteroatoms. The highest BCUT2D eigenvalue weighted by molar-refractivity contribution is 9.10. The summed E-state index contributed by atoms with van der Waals surface area (Å²) in [6.45, 7) is 0. The van der Waals surface area contributed by atoms with E-state index in [2.05, 4.69) is 26.2 Å². The molecule has 1 aromatic heterocycles. The smallest absolute Gasteiger partial charge is 0.337 e. The molecule has 0 atom stereocenters. The molecule has 0 saturated carbocycles. The van der Waals surface area contributed by atoms with E-state index in [1.807, 2.05) is 6.07 Å². The average molecular weight is 321 g/mol. The number of halogens is 1. The molecule has 5 nitrogen and oxygen atoms in total. The van der Waals surface area contributed by atoms with Crippen LogP contribution in [0.1, 0.15) is 20.7 Å². The Bertz CT molecular complexity index is 626. The van der Waals surface area contributed by atoms with Gasteiger partial charge in [-0.3, -0.25) is 4.79 Å². The number of anilines is 1. The number of hydrogen-bond acceptors (Lipinski definition) is 3. The summed E-state index contributed by atoms with van der Waals surface area (Å²) in [5.74, 6) is -1.07. The van der Waals surface area contributed by atoms with Crippen molar-refractivity contribution < 1.29 is 14.7 Å². The van der Waals surface area contributed by atoms with Crippen molar-refractivity contribution in [2.75, 3.05) is 5.32 Å². The first-order valence-corrected chi connectivity index (χ1v) is 6.12. The number of hydrogen-bond donors (Lipinski definition) is 2. The molecule has 2 rings (SSSR count). The Balaban J connectivity index is 2.13. The quantitative estimate of drug-likeness (QED) is 0.911. The summed E-state index contributed by atoms with van der Waals surface area (Å²) in [6, 6.07) is 9.74. The molecule has 1 amide bonds. The largest absolute Gasteiger partial charge is 0.478 e. The summed E-state index contributed by atoms with van der Waals surface area (Å²) < 4.78 is 0.800. The topological polar surface area (TPSA) is 79.3 Å². The van der Waals surface area contributed by atoms with Crippen molar-refractivity contribution in [3.05, 3.63) is 58.2 Å². The lowest BCUT2D eigenvalue weighted by molar-refractivity contribution is 0.0696. The zero-order valence-electron chi connectivity index (χ0n) is 9.63. The third kappa shape index (κ3) is 3.38. The van der Waals surface area contributed by atoms with E-state index in [1.165, 1.54) is 18.3 Å². The number of carboxylic acids is 1. The first-order chi connectivity index (χ1) is 9.06. The molecule has 1 heterocycles. The van der Waals surface area contributed by atoms with Crippen LogP contribution < -0.4 is 5.32 Å². The number of aromatic carboxylic acids is 1. The van der Waals surface area contributed by atoms with E-state index in [4.69, 9.17) is 5.11 Å². The van der Waals surface area contributed by atoms with E-state index in [0.717, 1.165) is 4.47 Å². The highest BCUT2D eigenvalue weighted by Crippen LogP contribution is 2.13. The maximum Gasteiger partial charge on any atom is 0.337 e. The minimum Gasteiger partial charge on any atom is -0.478 e. The van der Waals surface area contributed by atoms with Gasteiger partial charge in [0.2, 0.25) is 0 Å². The van der Waals surface area contributed by atoms with Gasteiger partial charge in [0.25, 0.3) is 5.91 Å². The van der Waals surface area contributed by atoms with Crippen LogP contribution in [0.3, 0.4) is 0 Å². The van der Waals surface area contributed by atoms with Crippen molar-refractivity contribution in [3.8, 4) is 0 Å². The number of rotatable bonds is 3. The molecule has 0 spiro atoms. The van der Waals surface area contributed by atoms with Gasteiger partial charge in [0.05, 0.1) is 5.56 Å². The number of carbonyl (C=O) groups is 2. The normalized spacial score (nSPS) is 9.95. The fraction of sp³-hybridized carbons (Fsp3) is 0. The number of nitrogens with one attached hydrogen (secondary N) is 1. The van der Waals surface area contributed by atoms with Gasteiger partial charge in [0, 0.05) is 16.2 Å². The standard InChI is InChI=1S/C13H9BrN2O3/c14-10-3-1-2-8(6-10)12(17)16-11-5-4-9(7-15-11)13(18)19/h1-7H,(H,18,19)(H,15,16,17). The summed E-state index contributed by atoms with van der Waals surface area (Å²) in [4.78, 5) is 26.4. The number of carboxylic acid groups (broad SMARTS) is 1. The van der Waals surface area contributed by atoms with Gasteiger partial charge in [0.15, 0.2) is 0 Å². The van der Waals surface area contributed by atoms with Gasteiger partial charge in [-0.15, -0.1) is 0 Å². The molecule has 0 unspecified atom stereocenters. The molecular weight excluding hydrogens is 312 g/mol. The maximum atomic E-state index is 11.9. The van der Waals surface area contributed by atoms with Gasteiger partial charge in [-0.1, -0.05) is 22.0 Å². The Morgan fingerprint density at radius 1 is 1.16 bits per heavy atom. The molecule has 0 aliphatic carbocycles. The highest BCUT2D eigenvalue weighted by atomic mass is 79.9. The number of amides is 1. The predicted molar refractivity (Wildman–Crippen MR) is 73.3 cm³/mol. The first kappa shape index (κ1) is 13.2. The molecule has 0 aliphatic heterocycles. The van der Waals surface area contributed by atoms with Gasteiger partial charge >= 0.3 is 5.97 Å². The van der Waals surface area contributed by atoms with E-state index in [9.17, 15) is 9.59 Å². The van der Waals surface area contributed by atoms with Crippen LogP contribution in [0.15, 0.2) is 47.1 Å². The lowest BCUT2D eigenvalue weighted by Gasteiger charge is -2.05. The Hall–Kier alpha value is -2.21. The van der Waals surface area contributed by atoms with Crippen LogP contribution >= 0.6 is 15.9 Å². The van der Waals surface area contributed by atoms with Crippen LogP contribution in [0.5, 0.6) is 0 Å². The molecule has 96 valence electrons. The average Bonchev–Trinajstić information content (AvgIpc) is 2.39. The van der Waals surface area contributed by atoms with E-state index in [1.54, 1.807) is 18.2 Å². The fourth-order valence-electron chi connectivity index (χ4n) is 1.41. The van der Waals surface area contributed by atoms with Crippen molar-refractivity contribution >= 4 is 33.6 Å². The van der Waals surface area contributed by atoms with E-state index in [-0.39, 0.29) is 11.5 Å². The monoisotopic (exact) mass is 320 g/mol. The van der Waals surface area contributed by atoms with Crippen LogP contribution in [0.25, 0.3) is 0 Å². The number of aromatic nitrogens is 1. The predicted octanol–water partition coefficient (Wildman–Crippen LogP) is 2.79. The van der Waals surface area contributed by atoms with Crippen molar-refractivity contribution in [2.24, 2.45) is 0 Å². The zero-order chi connectivity index (χ0) is 13.8. The summed E-state index contributed by atoms with van der Waals surface area (Å²) in [6.07, 6.45) is 1.19. The molecule has 1 aromatic carbocycles. The summed E-state index contributed by atoms with van der Waals surface area (Å²) >= 11 is 3.28. The molecule has 0 fully saturated rings. The third-order valence-corrected chi connectivity index (χ3v) is 2.83. The number of pyridine rings is 1. The van der Waals surface area contributed by atoms with Crippen LogP contribution in [0.2, 0.25) is 0 Å². The number of carbonyl (C=O) groups excluding carboxylic acids is 1. The van der Waals surface area contributed by atoms with Crippen LogP contribution in [-0.4, -0.2) is 22.0 Å². The number of nitrogens with zero attached hydrogens (tertiary/aromatic N) is 1. The second kappa shape index (κ2) is 5.62. The number of benzene rings is 1. The minimum absolute atomic E-state index is 0.0699. The summed E-state index contributed by atoms with van der Waals surface area (Å²) in [5, 5.41) is 11.3. The summed E-state index contributed by atoms with van der Waals surface area (Å²) in [7, 11) is 0. The lowest BCUT2D eigenvalue weighted by Crippen LogP contribution is -2.13. The van der Waals surface area contributed by atoms with Crippen LogP contribution in [-0.2, 0) is 0 Å². The van der Waals surface area contributed by atoms with E-state index < -0.39 is 5.97 Å². The Morgan fingerprint density at radius 3 is 2.53 bits per heavy atom. The van der Waals surface area contributed by atoms with Crippen molar-refractivity contribution in [2.45, 2.75) is 0 Å². The first-order valence-electron chi connectivity index (χ1n) is 5.32. The molecule has 2 aromatic rings. The van der Waals surface area contributed by atoms with E-state index >= 15 is 0 Å². The Kier molecular flexibility index (Phi) is 3.91. The fourth-order valence-corrected chi connectivity index (χ4v) is 1.81. The maximum absolute atomic E-state index is 11.9. The van der Waals surface area contributed by atoms with Gasteiger partial charge in [-0.05, 0) is 30.3 Å². The molecule has 2 N–H and O–H groups in total. The minimum atomic E-state index is -1.06. The van der Waals surface area contributed by atoms with Crippen molar-refractivity contribution in [1.82, 2.24) is 4.98 Å². The Labute approximate surface area is 117 Å². The lowest BCUT2D eigenvalue weighted by atomic mass is 10.2. The van der Waals surface area contributed by atoms with Crippen LogP contribution in [0, 0.1) is 0 Å². The SMILES string of the molecule is O=C(O)c1ccc(NC(=O)c2cccc(Br)c2)nc1. The molecule has 19 heavy (non-hydrogen) atoms. The van der Waals surface area contributed by atoms with Crippen molar-refractivity contribution in [1.29, 1.82) is 0 Å². The molecule has 0 aliphatic rings. The van der Waals surface area contributed by atoms with Gasteiger partial charge in [-0.25, -0.2) is 9.78 Å².